The summed E-state index contributed by atoms with van der Waals surface area (Å²) < 4.78 is 54.5. The van der Waals surface area contributed by atoms with E-state index in [0.29, 0.717) is 24.5 Å². The first kappa shape index (κ1) is 23.9. The van der Waals surface area contributed by atoms with Gasteiger partial charge >= 0.3 is 12.1 Å². The van der Waals surface area contributed by atoms with Gasteiger partial charge in [0, 0.05) is 6.42 Å². The van der Waals surface area contributed by atoms with Crippen molar-refractivity contribution in [3.05, 3.63) is 53.1 Å². The van der Waals surface area contributed by atoms with Crippen molar-refractivity contribution >= 4 is 17.6 Å². The second kappa shape index (κ2) is 11.1. The number of unbranched alkanes of at least 4 members (excludes halogenated alkanes) is 1. The van der Waals surface area contributed by atoms with E-state index >= 15 is 0 Å². The molecule has 0 N–H and O–H groups in total. The Bertz CT molecular complexity index is 822. The molecule has 30 heavy (non-hydrogen) atoms. The molecule has 0 bridgehead atoms. The zero-order valence-corrected chi connectivity index (χ0v) is 17.6. The van der Waals surface area contributed by atoms with E-state index in [9.17, 15) is 18.0 Å². The van der Waals surface area contributed by atoms with Crippen LogP contribution in [0, 0.1) is 0 Å². The molecular formula is C22H24ClF3O4. The summed E-state index contributed by atoms with van der Waals surface area (Å²) in [4.78, 5) is 11.6. The van der Waals surface area contributed by atoms with Gasteiger partial charge in [-0.1, -0.05) is 24.9 Å². The SMILES string of the molecule is CCCCOC(=O)CCC(C)Oc1ccc(Oc2ccc(C(F)(F)F)cc2Cl)cc1. The maximum absolute atomic E-state index is 12.7. The van der Waals surface area contributed by atoms with E-state index in [-0.39, 0.29) is 29.3 Å². The van der Waals surface area contributed by atoms with Crippen molar-refractivity contribution in [2.45, 2.75) is 51.8 Å². The minimum atomic E-state index is -4.47. The van der Waals surface area contributed by atoms with Crippen LogP contribution in [0.3, 0.4) is 0 Å². The Morgan fingerprint density at radius 1 is 1.10 bits per heavy atom. The lowest BCUT2D eigenvalue weighted by Gasteiger charge is -2.15. The summed E-state index contributed by atoms with van der Waals surface area (Å²) in [6.45, 7) is 4.32. The molecule has 4 nitrogen and oxygen atoms in total. The maximum Gasteiger partial charge on any atom is 0.416 e. The molecule has 2 aromatic carbocycles. The van der Waals surface area contributed by atoms with E-state index in [1.807, 2.05) is 13.8 Å². The van der Waals surface area contributed by atoms with Crippen LogP contribution in [0.25, 0.3) is 0 Å². The fourth-order valence-corrected chi connectivity index (χ4v) is 2.71. The zero-order chi connectivity index (χ0) is 22.1. The van der Waals surface area contributed by atoms with E-state index in [0.717, 1.165) is 25.0 Å². The lowest BCUT2D eigenvalue weighted by atomic mass is 10.2. The van der Waals surface area contributed by atoms with E-state index in [1.54, 1.807) is 24.3 Å². The first-order valence-electron chi connectivity index (χ1n) is 9.66. The molecule has 0 amide bonds. The molecule has 2 aromatic rings. The number of carbonyl (C=O) groups is 1. The van der Waals surface area contributed by atoms with E-state index in [4.69, 9.17) is 25.8 Å². The molecule has 8 heteroatoms. The average Bonchev–Trinajstić information content (AvgIpc) is 2.69. The molecule has 0 saturated heterocycles. The molecule has 0 radical (unpaired) electrons. The van der Waals surface area contributed by atoms with Gasteiger partial charge in [-0.3, -0.25) is 4.79 Å². The van der Waals surface area contributed by atoms with Crippen LogP contribution in [-0.4, -0.2) is 18.7 Å². The van der Waals surface area contributed by atoms with Crippen molar-refractivity contribution in [2.24, 2.45) is 0 Å². The van der Waals surface area contributed by atoms with E-state index in [2.05, 4.69) is 0 Å². The first-order valence-corrected chi connectivity index (χ1v) is 10.0. The largest absolute Gasteiger partial charge is 0.491 e. The molecule has 0 heterocycles. The molecule has 0 aliphatic carbocycles. The highest BCUT2D eigenvalue weighted by atomic mass is 35.5. The van der Waals surface area contributed by atoms with Crippen LogP contribution in [0.4, 0.5) is 13.2 Å². The summed E-state index contributed by atoms with van der Waals surface area (Å²) in [6.07, 6.45) is -2.05. The number of alkyl halides is 3. The zero-order valence-electron chi connectivity index (χ0n) is 16.8. The average molecular weight is 445 g/mol. The molecule has 0 aromatic heterocycles. The van der Waals surface area contributed by atoms with Crippen LogP contribution >= 0.6 is 11.6 Å². The Labute approximate surface area is 178 Å². The maximum atomic E-state index is 12.7. The smallest absolute Gasteiger partial charge is 0.416 e. The summed E-state index contributed by atoms with van der Waals surface area (Å²) >= 11 is 5.90. The Hall–Kier alpha value is -2.41. The van der Waals surface area contributed by atoms with Gasteiger partial charge in [-0.05, 0) is 62.2 Å². The van der Waals surface area contributed by atoms with Crippen LogP contribution in [0.1, 0.15) is 45.1 Å². The highest BCUT2D eigenvalue weighted by Crippen LogP contribution is 2.36. The van der Waals surface area contributed by atoms with E-state index < -0.39 is 11.7 Å². The number of halogens is 4. The van der Waals surface area contributed by atoms with Crippen LogP contribution < -0.4 is 9.47 Å². The van der Waals surface area contributed by atoms with Crippen molar-refractivity contribution in [3.8, 4) is 17.2 Å². The highest BCUT2D eigenvalue weighted by Gasteiger charge is 2.31. The van der Waals surface area contributed by atoms with Crippen LogP contribution in [0.2, 0.25) is 5.02 Å². The number of hydrogen-bond acceptors (Lipinski definition) is 4. The molecule has 0 aliphatic heterocycles. The standard InChI is InChI=1S/C22H24ClF3O4/c1-3-4-13-28-21(27)12-5-15(2)29-17-7-9-18(10-8-17)30-20-11-6-16(14-19(20)23)22(24,25)26/h6-11,14-15H,3-5,12-13H2,1-2H3. The summed E-state index contributed by atoms with van der Waals surface area (Å²) in [5.41, 5.74) is -0.841. The normalized spacial score (nSPS) is 12.3. The lowest BCUT2D eigenvalue weighted by molar-refractivity contribution is -0.144. The van der Waals surface area contributed by atoms with Gasteiger partial charge in [0.15, 0.2) is 0 Å². The Morgan fingerprint density at radius 2 is 1.77 bits per heavy atom. The van der Waals surface area contributed by atoms with Crippen LogP contribution in [0.15, 0.2) is 42.5 Å². The number of benzene rings is 2. The fourth-order valence-electron chi connectivity index (χ4n) is 2.49. The molecule has 1 unspecified atom stereocenters. The molecule has 2 rings (SSSR count). The van der Waals surface area contributed by atoms with Gasteiger partial charge in [0.1, 0.15) is 17.2 Å². The van der Waals surface area contributed by atoms with Gasteiger partial charge in [0.05, 0.1) is 23.3 Å². The second-order valence-corrected chi connectivity index (χ2v) is 7.16. The minimum absolute atomic E-state index is 0.119. The summed E-state index contributed by atoms with van der Waals surface area (Å²) in [5, 5.41) is -0.135. The first-order chi connectivity index (χ1) is 14.2. The number of hydrogen-bond donors (Lipinski definition) is 0. The van der Waals surface area contributed by atoms with Gasteiger partial charge in [-0.25, -0.2) is 0 Å². The van der Waals surface area contributed by atoms with Crippen molar-refractivity contribution in [3.63, 3.8) is 0 Å². The number of esters is 1. The van der Waals surface area contributed by atoms with Crippen LogP contribution in [-0.2, 0) is 15.7 Å². The third-order valence-electron chi connectivity index (χ3n) is 4.16. The van der Waals surface area contributed by atoms with Gasteiger partial charge < -0.3 is 14.2 Å². The molecular weight excluding hydrogens is 421 g/mol. The minimum Gasteiger partial charge on any atom is -0.491 e. The molecule has 1 atom stereocenters. The van der Waals surface area contributed by atoms with Crippen molar-refractivity contribution in [1.29, 1.82) is 0 Å². The molecule has 0 saturated carbocycles. The molecule has 0 fully saturated rings. The Morgan fingerprint density at radius 3 is 2.37 bits per heavy atom. The number of rotatable bonds is 10. The monoisotopic (exact) mass is 444 g/mol. The third kappa shape index (κ3) is 7.78. The quantitative estimate of drug-likeness (QED) is 0.291. The van der Waals surface area contributed by atoms with Crippen LogP contribution in [0.5, 0.6) is 17.2 Å². The van der Waals surface area contributed by atoms with Gasteiger partial charge in [-0.15, -0.1) is 0 Å². The molecule has 164 valence electrons. The van der Waals surface area contributed by atoms with Gasteiger partial charge in [0.25, 0.3) is 0 Å². The number of carbonyl (C=O) groups excluding carboxylic acids is 1. The Kier molecular flexibility index (Phi) is 8.84. The summed E-state index contributed by atoms with van der Waals surface area (Å²) in [5.74, 6) is 0.855. The predicted octanol–water partition coefficient (Wildman–Crippen LogP) is 7.04. The third-order valence-corrected chi connectivity index (χ3v) is 4.46. The lowest BCUT2D eigenvalue weighted by Crippen LogP contribution is -2.15. The number of ether oxygens (including phenoxy) is 3. The topological polar surface area (TPSA) is 44.8 Å². The Balaban J connectivity index is 1.85. The molecule has 0 aliphatic rings. The second-order valence-electron chi connectivity index (χ2n) is 6.76. The van der Waals surface area contributed by atoms with Gasteiger partial charge in [0.2, 0.25) is 0 Å². The van der Waals surface area contributed by atoms with Crippen molar-refractivity contribution in [2.75, 3.05) is 6.61 Å². The van der Waals surface area contributed by atoms with E-state index in [1.165, 1.54) is 6.07 Å². The van der Waals surface area contributed by atoms with Gasteiger partial charge in [-0.2, -0.15) is 13.2 Å². The highest BCUT2D eigenvalue weighted by molar-refractivity contribution is 6.32. The summed E-state index contributed by atoms with van der Waals surface area (Å²) in [6, 6.07) is 9.49. The predicted molar refractivity (Wildman–Crippen MR) is 108 cm³/mol. The molecule has 0 spiro atoms. The van der Waals surface area contributed by atoms with Crippen molar-refractivity contribution in [1.82, 2.24) is 0 Å². The fraction of sp³-hybridized carbons (Fsp3) is 0.409. The van der Waals surface area contributed by atoms with Crippen molar-refractivity contribution < 1.29 is 32.2 Å². The summed E-state index contributed by atoms with van der Waals surface area (Å²) in [7, 11) is 0.